The molecular weight excluding hydrogens is 324 g/mol. The van der Waals surface area contributed by atoms with Gasteiger partial charge in [0.05, 0.1) is 0 Å². The van der Waals surface area contributed by atoms with Crippen molar-refractivity contribution in [2.45, 2.75) is 26.9 Å². The summed E-state index contributed by atoms with van der Waals surface area (Å²) >= 11 is 0. The van der Waals surface area contributed by atoms with Gasteiger partial charge in [-0.25, -0.2) is 4.98 Å². The van der Waals surface area contributed by atoms with Gasteiger partial charge in [0.2, 0.25) is 5.95 Å². The van der Waals surface area contributed by atoms with E-state index in [2.05, 4.69) is 61.7 Å². The van der Waals surface area contributed by atoms with Crippen LogP contribution in [0.2, 0.25) is 0 Å². The number of piperazine rings is 1. The van der Waals surface area contributed by atoms with Crippen molar-refractivity contribution in [3.05, 3.63) is 47.8 Å². The first-order chi connectivity index (χ1) is 12.6. The van der Waals surface area contributed by atoms with Crippen molar-refractivity contribution in [3.8, 4) is 0 Å². The third-order valence-electron chi connectivity index (χ3n) is 5.19. The van der Waals surface area contributed by atoms with Crippen LogP contribution >= 0.6 is 0 Å². The molecule has 1 saturated heterocycles. The van der Waals surface area contributed by atoms with Crippen molar-refractivity contribution >= 4 is 22.7 Å². The van der Waals surface area contributed by atoms with Crippen LogP contribution < -0.4 is 10.6 Å². The first-order valence-corrected chi connectivity index (χ1v) is 9.29. The van der Waals surface area contributed by atoms with Crippen LogP contribution in [0.25, 0.3) is 10.9 Å². The van der Waals surface area contributed by atoms with Crippen LogP contribution in [-0.2, 0) is 13.1 Å². The molecule has 1 aliphatic heterocycles. The van der Waals surface area contributed by atoms with Crippen LogP contribution in [0.3, 0.4) is 0 Å². The Morgan fingerprint density at radius 1 is 1.08 bits per heavy atom. The lowest BCUT2D eigenvalue weighted by atomic mass is 10.1. The van der Waals surface area contributed by atoms with E-state index in [-0.39, 0.29) is 0 Å². The summed E-state index contributed by atoms with van der Waals surface area (Å²) in [6.07, 6.45) is 2.19. The van der Waals surface area contributed by atoms with Gasteiger partial charge in [0.25, 0.3) is 0 Å². The predicted molar refractivity (Wildman–Crippen MR) is 106 cm³/mol. The fourth-order valence-corrected chi connectivity index (χ4v) is 3.81. The molecule has 0 aliphatic carbocycles. The maximum atomic E-state index is 5.80. The topological polar surface area (TPSA) is 63.2 Å². The Hall–Kier alpha value is -2.60. The van der Waals surface area contributed by atoms with Gasteiger partial charge in [-0.3, -0.25) is 4.90 Å². The molecule has 6 nitrogen and oxygen atoms in total. The molecule has 6 heteroatoms. The molecule has 3 aromatic rings. The predicted octanol–water partition coefficient (Wildman–Crippen LogP) is 2.66. The molecular formula is C20H26N6. The molecule has 1 aromatic carbocycles. The molecule has 26 heavy (non-hydrogen) atoms. The van der Waals surface area contributed by atoms with Crippen molar-refractivity contribution in [1.29, 1.82) is 0 Å². The lowest BCUT2D eigenvalue weighted by Gasteiger charge is -2.35. The molecule has 1 aliphatic rings. The summed E-state index contributed by atoms with van der Waals surface area (Å²) in [4.78, 5) is 13.4. The Labute approximate surface area is 154 Å². The third-order valence-corrected chi connectivity index (χ3v) is 5.19. The van der Waals surface area contributed by atoms with Gasteiger partial charge >= 0.3 is 0 Å². The van der Waals surface area contributed by atoms with Gasteiger partial charge in [-0.15, -0.1) is 0 Å². The number of nitrogens with two attached hydrogens (primary N) is 1. The van der Waals surface area contributed by atoms with Gasteiger partial charge < -0.3 is 15.2 Å². The second-order valence-electron chi connectivity index (χ2n) is 6.94. The van der Waals surface area contributed by atoms with E-state index < -0.39 is 0 Å². The van der Waals surface area contributed by atoms with E-state index in [1.54, 1.807) is 0 Å². The van der Waals surface area contributed by atoms with Crippen LogP contribution in [0.5, 0.6) is 0 Å². The Morgan fingerprint density at radius 3 is 2.62 bits per heavy atom. The maximum Gasteiger partial charge on any atom is 0.222 e. The highest BCUT2D eigenvalue weighted by atomic mass is 15.3. The van der Waals surface area contributed by atoms with Crippen LogP contribution in [0.4, 0.5) is 11.8 Å². The zero-order valence-electron chi connectivity index (χ0n) is 15.5. The number of hydrogen-bond donors (Lipinski definition) is 1. The number of aromatic nitrogens is 3. The number of nitrogen functional groups attached to an aromatic ring is 1. The van der Waals surface area contributed by atoms with Crippen LogP contribution in [0, 0.1) is 6.92 Å². The minimum atomic E-state index is 0.356. The fourth-order valence-electron chi connectivity index (χ4n) is 3.81. The first kappa shape index (κ1) is 16.8. The monoisotopic (exact) mass is 350 g/mol. The fraction of sp³-hybridized carbons (Fsp3) is 0.400. The molecule has 0 bridgehead atoms. The molecule has 3 heterocycles. The number of fused-ring (bicyclic) bond motifs is 1. The Kier molecular flexibility index (Phi) is 4.51. The smallest absolute Gasteiger partial charge is 0.222 e. The Bertz CT molecular complexity index is 888. The van der Waals surface area contributed by atoms with Crippen LogP contribution in [-0.4, -0.2) is 45.6 Å². The number of aryl methyl sites for hydroxylation is 2. The normalized spacial score (nSPS) is 15.7. The molecule has 0 spiro atoms. The van der Waals surface area contributed by atoms with Crippen LogP contribution in [0.15, 0.2) is 36.5 Å². The van der Waals surface area contributed by atoms with Crippen molar-refractivity contribution in [2.75, 3.05) is 36.8 Å². The lowest BCUT2D eigenvalue weighted by molar-refractivity contribution is 0.250. The van der Waals surface area contributed by atoms with E-state index in [0.717, 1.165) is 50.8 Å². The van der Waals surface area contributed by atoms with Gasteiger partial charge in [-0.05, 0) is 31.5 Å². The minimum absolute atomic E-state index is 0.356. The highest BCUT2D eigenvalue weighted by Gasteiger charge is 2.19. The second-order valence-corrected chi connectivity index (χ2v) is 6.94. The molecule has 0 unspecified atom stereocenters. The summed E-state index contributed by atoms with van der Waals surface area (Å²) in [5.41, 5.74) is 9.46. The van der Waals surface area contributed by atoms with Crippen molar-refractivity contribution in [1.82, 2.24) is 19.4 Å². The number of hydrogen-bond acceptors (Lipinski definition) is 5. The summed E-state index contributed by atoms with van der Waals surface area (Å²) < 4.78 is 2.30. The summed E-state index contributed by atoms with van der Waals surface area (Å²) in [7, 11) is 0. The van der Waals surface area contributed by atoms with Gasteiger partial charge in [0.15, 0.2) is 0 Å². The van der Waals surface area contributed by atoms with E-state index in [4.69, 9.17) is 5.73 Å². The first-order valence-electron chi connectivity index (χ1n) is 9.29. The van der Waals surface area contributed by atoms with E-state index in [1.807, 2.05) is 13.0 Å². The summed E-state index contributed by atoms with van der Waals surface area (Å²) in [5, 5.41) is 1.37. The number of rotatable bonds is 4. The van der Waals surface area contributed by atoms with Gasteiger partial charge in [-0.1, -0.05) is 12.1 Å². The highest BCUT2D eigenvalue weighted by molar-refractivity contribution is 5.83. The summed E-state index contributed by atoms with van der Waals surface area (Å²) in [6, 6.07) is 10.9. The van der Waals surface area contributed by atoms with Crippen molar-refractivity contribution < 1.29 is 0 Å². The van der Waals surface area contributed by atoms with Gasteiger partial charge in [-0.2, -0.15) is 4.98 Å². The molecule has 0 amide bonds. The number of anilines is 2. The molecule has 0 atom stereocenters. The van der Waals surface area contributed by atoms with E-state index in [1.165, 1.54) is 16.5 Å². The Balaban J connectivity index is 1.45. The molecule has 136 valence electrons. The zero-order chi connectivity index (χ0) is 18.1. The second kappa shape index (κ2) is 6.96. The van der Waals surface area contributed by atoms with Crippen molar-refractivity contribution in [3.63, 3.8) is 0 Å². The number of nitrogens with zero attached hydrogens (tertiary/aromatic N) is 5. The average Bonchev–Trinajstić information content (AvgIpc) is 3.06. The SMILES string of the molecule is CCn1ccc2c(CN3CCN(c4cc(C)nc(N)n4)CC3)cccc21. The number of benzene rings is 1. The van der Waals surface area contributed by atoms with Crippen molar-refractivity contribution in [2.24, 2.45) is 0 Å². The highest BCUT2D eigenvalue weighted by Crippen LogP contribution is 2.23. The standard InChI is InChI=1S/C20H26N6/c1-3-25-8-7-17-16(5-4-6-18(17)25)14-24-9-11-26(12-10-24)19-13-15(2)22-20(21)23-19/h4-8,13H,3,9-12,14H2,1-2H3,(H2,21,22,23). The third kappa shape index (κ3) is 3.24. The van der Waals surface area contributed by atoms with Crippen LogP contribution in [0.1, 0.15) is 18.2 Å². The largest absolute Gasteiger partial charge is 0.368 e. The molecule has 4 rings (SSSR count). The van der Waals surface area contributed by atoms with Gasteiger partial charge in [0, 0.05) is 68.1 Å². The zero-order valence-corrected chi connectivity index (χ0v) is 15.5. The van der Waals surface area contributed by atoms with E-state index in [9.17, 15) is 0 Å². The average molecular weight is 350 g/mol. The minimum Gasteiger partial charge on any atom is -0.368 e. The molecule has 0 radical (unpaired) electrons. The quantitative estimate of drug-likeness (QED) is 0.784. The summed E-state index contributed by atoms with van der Waals surface area (Å²) in [5.74, 6) is 1.30. The summed E-state index contributed by atoms with van der Waals surface area (Å²) in [6.45, 7) is 10.1. The van der Waals surface area contributed by atoms with E-state index in [0.29, 0.717) is 5.95 Å². The maximum absolute atomic E-state index is 5.80. The lowest BCUT2D eigenvalue weighted by Crippen LogP contribution is -2.46. The Morgan fingerprint density at radius 2 is 1.88 bits per heavy atom. The molecule has 2 aromatic heterocycles. The molecule has 1 fully saturated rings. The van der Waals surface area contributed by atoms with E-state index >= 15 is 0 Å². The molecule has 0 saturated carbocycles. The molecule has 2 N–H and O–H groups in total. The van der Waals surface area contributed by atoms with Gasteiger partial charge in [0.1, 0.15) is 5.82 Å².